The third kappa shape index (κ3) is 2.88. The van der Waals surface area contributed by atoms with Gasteiger partial charge in [0.15, 0.2) is 11.6 Å². The molecule has 24 heavy (non-hydrogen) atoms. The molecular weight excluding hydrogens is 309 g/mol. The smallest absolute Gasteiger partial charge is 0.167 e. The van der Waals surface area contributed by atoms with E-state index in [0.717, 1.165) is 24.8 Å². The minimum atomic E-state index is -0.966. The van der Waals surface area contributed by atoms with E-state index in [0.29, 0.717) is 24.0 Å². The van der Waals surface area contributed by atoms with E-state index in [2.05, 4.69) is 6.92 Å². The topological polar surface area (TPSA) is 0 Å². The molecule has 126 valence electrons. The highest BCUT2D eigenvalue weighted by atomic mass is 19.2. The zero-order valence-electron chi connectivity index (χ0n) is 14.1. The first-order chi connectivity index (χ1) is 11.6. The Morgan fingerprint density at radius 2 is 1.54 bits per heavy atom. The largest absolute Gasteiger partial charge is 0.206 e. The molecule has 0 unspecified atom stereocenters. The number of rotatable bonds is 4. The van der Waals surface area contributed by atoms with Gasteiger partial charge in [-0.2, -0.15) is 0 Å². The van der Waals surface area contributed by atoms with Crippen molar-refractivity contribution in [2.75, 3.05) is 0 Å². The van der Waals surface area contributed by atoms with E-state index in [1.165, 1.54) is 17.7 Å². The fraction of sp³-hybridized carbons (Fsp3) is 0.333. The Balaban J connectivity index is 2.08. The quantitative estimate of drug-likeness (QED) is 0.603. The van der Waals surface area contributed by atoms with Crippen molar-refractivity contribution in [1.82, 2.24) is 0 Å². The molecule has 0 N–H and O–H groups in total. The van der Waals surface area contributed by atoms with E-state index in [1.807, 2.05) is 12.1 Å². The summed E-state index contributed by atoms with van der Waals surface area (Å²) in [6.07, 6.45) is 5.95. The molecule has 0 atom stereocenters. The average molecular weight is 330 g/mol. The molecule has 2 aromatic carbocycles. The van der Waals surface area contributed by atoms with Gasteiger partial charge >= 0.3 is 0 Å². The van der Waals surface area contributed by atoms with E-state index in [1.54, 1.807) is 13.0 Å². The summed E-state index contributed by atoms with van der Waals surface area (Å²) in [4.78, 5) is 0. The van der Waals surface area contributed by atoms with Crippen LogP contribution in [0.15, 0.2) is 29.8 Å². The summed E-state index contributed by atoms with van der Waals surface area (Å²) in [7, 11) is 0. The first-order valence-corrected chi connectivity index (χ1v) is 8.54. The lowest BCUT2D eigenvalue weighted by atomic mass is 9.87. The van der Waals surface area contributed by atoms with Crippen molar-refractivity contribution >= 4 is 6.08 Å². The second kappa shape index (κ2) is 6.84. The van der Waals surface area contributed by atoms with Crippen LogP contribution in [0, 0.1) is 17.5 Å². The van der Waals surface area contributed by atoms with Gasteiger partial charge in [0.05, 0.1) is 0 Å². The standard InChI is InChI=1S/C21H21F3/c1-3-5-13-6-9-16-15(12-13)8-11-17(20(16)23)18-10-7-14(4-2)19(22)21(18)24/h7-8,10-12H,3-6,9H2,1-2H3. The molecule has 0 heterocycles. The van der Waals surface area contributed by atoms with Gasteiger partial charge in [-0.1, -0.05) is 56.2 Å². The van der Waals surface area contributed by atoms with E-state index < -0.39 is 17.5 Å². The lowest BCUT2D eigenvalue weighted by Gasteiger charge is -2.19. The van der Waals surface area contributed by atoms with Crippen LogP contribution in [0.2, 0.25) is 0 Å². The number of aryl methyl sites for hydroxylation is 1. The van der Waals surface area contributed by atoms with Gasteiger partial charge in [-0.3, -0.25) is 0 Å². The fourth-order valence-electron chi connectivity index (χ4n) is 3.40. The van der Waals surface area contributed by atoms with Gasteiger partial charge in [-0.25, -0.2) is 13.2 Å². The molecule has 0 amide bonds. The first-order valence-electron chi connectivity index (χ1n) is 8.54. The fourth-order valence-corrected chi connectivity index (χ4v) is 3.40. The molecule has 3 rings (SSSR count). The Labute approximate surface area is 141 Å². The molecule has 0 aromatic heterocycles. The Morgan fingerprint density at radius 3 is 2.25 bits per heavy atom. The van der Waals surface area contributed by atoms with Crippen LogP contribution in [0.4, 0.5) is 13.2 Å². The molecule has 0 spiro atoms. The monoisotopic (exact) mass is 330 g/mol. The number of halogens is 3. The Hall–Kier alpha value is -2.03. The van der Waals surface area contributed by atoms with E-state index in [-0.39, 0.29) is 11.1 Å². The lowest BCUT2D eigenvalue weighted by Crippen LogP contribution is -2.05. The average Bonchev–Trinajstić information content (AvgIpc) is 2.58. The summed E-state index contributed by atoms with van der Waals surface area (Å²) >= 11 is 0. The Kier molecular flexibility index (Phi) is 4.79. The van der Waals surface area contributed by atoms with Crippen LogP contribution in [0.1, 0.15) is 49.8 Å². The molecule has 0 saturated heterocycles. The van der Waals surface area contributed by atoms with Crippen LogP contribution >= 0.6 is 0 Å². The highest BCUT2D eigenvalue weighted by Gasteiger charge is 2.21. The molecular formula is C21H21F3. The maximum atomic E-state index is 14.9. The molecule has 1 aliphatic rings. The molecule has 0 nitrogen and oxygen atoms in total. The summed E-state index contributed by atoms with van der Waals surface area (Å²) in [5.74, 6) is -2.27. The van der Waals surface area contributed by atoms with Gasteiger partial charge in [-0.05, 0) is 42.4 Å². The van der Waals surface area contributed by atoms with E-state index in [4.69, 9.17) is 0 Å². The predicted molar refractivity (Wildman–Crippen MR) is 92.3 cm³/mol. The normalized spacial score (nSPS) is 13.6. The van der Waals surface area contributed by atoms with Crippen LogP contribution in [-0.4, -0.2) is 0 Å². The maximum absolute atomic E-state index is 14.9. The van der Waals surface area contributed by atoms with E-state index in [9.17, 15) is 13.2 Å². The minimum Gasteiger partial charge on any atom is -0.206 e. The summed E-state index contributed by atoms with van der Waals surface area (Å²) < 4.78 is 43.3. The predicted octanol–water partition coefficient (Wildman–Crippen LogP) is 6.46. The lowest BCUT2D eigenvalue weighted by molar-refractivity contribution is 0.501. The van der Waals surface area contributed by atoms with Gasteiger partial charge in [0.25, 0.3) is 0 Å². The van der Waals surface area contributed by atoms with Gasteiger partial charge < -0.3 is 0 Å². The van der Waals surface area contributed by atoms with Crippen LogP contribution in [0.3, 0.4) is 0 Å². The second-order valence-corrected chi connectivity index (χ2v) is 6.30. The summed E-state index contributed by atoms with van der Waals surface area (Å²) in [5.41, 5.74) is 3.22. The van der Waals surface area contributed by atoms with Crippen molar-refractivity contribution in [3.8, 4) is 11.1 Å². The van der Waals surface area contributed by atoms with Gasteiger partial charge in [0, 0.05) is 11.1 Å². The SMILES string of the molecule is CCCC1=Cc2ccc(-c3ccc(CC)c(F)c3F)c(F)c2CC1. The van der Waals surface area contributed by atoms with Crippen LogP contribution in [0.25, 0.3) is 17.2 Å². The highest BCUT2D eigenvalue weighted by molar-refractivity contribution is 5.71. The summed E-state index contributed by atoms with van der Waals surface area (Å²) in [5, 5.41) is 0. The molecule has 0 radical (unpaired) electrons. The molecule has 2 aromatic rings. The van der Waals surface area contributed by atoms with Gasteiger partial charge in [0.1, 0.15) is 5.82 Å². The van der Waals surface area contributed by atoms with Crippen LogP contribution in [0.5, 0.6) is 0 Å². The van der Waals surface area contributed by atoms with Crippen molar-refractivity contribution in [3.05, 3.63) is 64.0 Å². The Morgan fingerprint density at radius 1 is 0.833 bits per heavy atom. The number of hydrogen-bond acceptors (Lipinski definition) is 0. The van der Waals surface area contributed by atoms with Crippen molar-refractivity contribution in [3.63, 3.8) is 0 Å². The molecule has 3 heteroatoms. The van der Waals surface area contributed by atoms with Crippen LogP contribution < -0.4 is 0 Å². The third-order valence-corrected chi connectivity index (χ3v) is 4.74. The Bertz CT molecular complexity index is 803. The minimum absolute atomic E-state index is 0.00617. The number of hydrogen-bond donors (Lipinski definition) is 0. The summed E-state index contributed by atoms with van der Waals surface area (Å²) in [6, 6.07) is 6.38. The first kappa shape index (κ1) is 16.8. The van der Waals surface area contributed by atoms with Crippen molar-refractivity contribution in [1.29, 1.82) is 0 Å². The van der Waals surface area contributed by atoms with Gasteiger partial charge in [-0.15, -0.1) is 0 Å². The van der Waals surface area contributed by atoms with Crippen molar-refractivity contribution in [2.45, 2.75) is 46.0 Å². The third-order valence-electron chi connectivity index (χ3n) is 4.74. The van der Waals surface area contributed by atoms with E-state index >= 15 is 0 Å². The zero-order chi connectivity index (χ0) is 17.3. The zero-order valence-corrected chi connectivity index (χ0v) is 14.1. The highest BCUT2D eigenvalue weighted by Crippen LogP contribution is 2.35. The van der Waals surface area contributed by atoms with Crippen molar-refractivity contribution < 1.29 is 13.2 Å². The van der Waals surface area contributed by atoms with Crippen LogP contribution in [-0.2, 0) is 12.8 Å². The number of benzene rings is 2. The van der Waals surface area contributed by atoms with Crippen molar-refractivity contribution in [2.24, 2.45) is 0 Å². The molecule has 0 aliphatic heterocycles. The summed E-state index contributed by atoms with van der Waals surface area (Å²) in [6.45, 7) is 3.88. The second-order valence-electron chi connectivity index (χ2n) is 6.30. The molecule has 1 aliphatic carbocycles. The molecule has 0 saturated carbocycles. The maximum Gasteiger partial charge on any atom is 0.167 e. The molecule has 0 bridgehead atoms. The number of fused-ring (bicyclic) bond motifs is 1. The van der Waals surface area contributed by atoms with Gasteiger partial charge in [0.2, 0.25) is 0 Å². The molecule has 0 fully saturated rings. The number of allylic oxidation sites excluding steroid dienone is 1.